The van der Waals surface area contributed by atoms with E-state index >= 15 is 0 Å². The second-order valence-electron chi connectivity index (χ2n) is 4.48. The maximum atomic E-state index is 10.5. The molecule has 0 spiro atoms. The molecule has 0 bridgehead atoms. The first-order chi connectivity index (χ1) is 12.2. The summed E-state index contributed by atoms with van der Waals surface area (Å²) in [6.07, 6.45) is 6.65. The number of nitrogens with one attached hydrogen (secondary N) is 1. The van der Waals surface area contributed by atoms with Gasteiger partial charge in [-0.2, -0.15) is 25.3 Å². The van der Waals surface area contributed by atoms with Crippen LogP contribution in [0.25, 0.3) is 0 Å². The summed E-state index contributed by atoms with van der Waals surface area (Å²) in [5, 5.41) is 2.19. The molecule has 2 aliphatic rings. The zero-order valence-corrected chi connectivity index (χ0v) is 19.6. The summed E-state index contributed by atoms with van der Waals surface area (Å²) in [6.45, 7) is 5.88. The molecule has 4 amide bonds. The predicted molar refractivity (Wildman–Crippen MR) is 120 cm³/mol. The predicted octanol–water partition coefficient (Wildman–Crippen LogP) is 2.71. The van der Waals surface area contributed by atoms with Crippen molar-refractivity contribution in [2.75, 3.05) is 31.1 Å². The van der Waals surface area contributed by atoms with E-state index in [-0.39, 0.29) is 29.5 Å². The average molecular weight is 443 g/mol. The van der Waals surface area contributed by atoms with E-state index in [9.17, 15) is 19.2 Å². The van der Waals surface area contributed by atoms with Crippen molar-refractivity contribution in [3.63, 3.8) is 0 Å². The Morgan fingerprint density at radius 1 is 1.15 bits per heavy atom. The molecule has 10 heteroatoms. The number of imide groups is 2. The molecule has 2 rings (SSSR count). The summed E-state index contributed by atoms with van der Waals surface area (Å²) in [6, 6.07) is 0. The van der Waals surface area contributed by atoms with E-state index in [0.29, 0.717) is 6.42 Å². The SMILES string of the molecule is CC1CC(=O)NC1=O.CCS.CCSSC.CN1C(=O)C=CC1=O.CS. The van der Waals surface area contributed by atoms with Crippen LogP contribution in [0.15, 0.2) is 12.2 Å². The van der Waals surface area contributed by atoms with Crippen LogP contribution < -0.4 is 5.32 Å². The molecule has 1 fully saturated rings. The highest BCUT2D eigenvalue weighted by molar-refractivity contribution is 8.76. The van der Waals surface area contributed by atoms with Crippen LogP contribution in [-0.4, -0.2) is 59.6 Å². The van der Waals surface area contributed by atoms with E-state index in [4.69, 9.17) is 0 Å². The summed E-state index contributed by atoms with van der Waals surface area (Å²) in [4.78, 5) is 42.6. The zero-order valence-electron chi connectivity index (χ0n) is 16.1. The van der Waals surface area contributed by atoms with E-state index in [1.165, 1.54) is 25.0 Å². The third-order valence-electron chi connectivity index (χ3n) is 2.47. The molecule has 0 radical (unpaired) electrons. The van der Waals surface area contributed by atoms with Gasteiger partial charge >= 0.3 is 0 Å². The Morgan fingerprint density at radius 3 is 1.65 bits per heavy atom. The fraction of sp³-hybridized carbons (Fsp3) is 0.625. The molecule has 1 saturated heterocycles. The van der Waals surface area contributed by atoms with Crippen LogP contribution in [0.5, 0.6) is 0 Å². The van der Waals surface area contributed by atoms with Crippen molar-refractivity contribution in [3.8, 4) is 0 Å². The third-order valence-corrected chi connectivity index (χ3v) is 4.35. The van der Waals surface area contributed by atoms with Gasteiger partial charge < -0.3 is 0 Å². The summed E-state index contributed by atoms with van der Waals surface area (Å²) < 4.78 is 0. The van der Waals surface area contributed by atoms with Gasteiger partial charge in [-0.1, -0.05) is 42.4 Å². The Kier molecular flexibility index (Phi) is 24.0. The highest BCUT2D eigenvalue weighted by Crippen LogP contribution is 2.14. The van der Waals surface area contributed by atoms with Gasteiger partial charge in [-0.25, -0.2) is 0 Å². The molecule has 0 saturated carbocycles. The zero-order chi connectivity index (χ0) is 21.1. The summed E-state index contributed by atoms with van der Waals surface area (Å²) in [7, 11) is 5.15. The lowest BCUT2D eigenvalue weighted by atomic mass is 10.1. The number of rotatable bonds is 2. The van der Waals surface area contributed by atoms with Crippen molar-refractivity contribution >= 4 is 70.5 Å². The first-order valence-corrected chi connectivity index (χ1v) is 12.0. The number of amides is 4. The highest BCUT2D eigenvalue weighted by atomic mass is 33.1. The van der Waals surface area contributed by atoms with Crippen molar-refractivity contribution in [1.29, 1.82) is 0 Å². The quantitative estimate of drug-likeness (QED) is 0.346. The van der Waals surface area contributed by atoms with Gasteiger partial charge in [0.25, 0.3) is 11.8 Å². The van der Waals surface area contributed by atoms with Crippen molar-refractivity contribution in [2.24, 2.45) is 5.92 Å². The second-order valence-corrected chi connectivity index (χ2v) is 7.96. The molecule has 0 aromatic heterocycles. The van der Waals surface area contributed by atoms with Gasteiger partial charge in [0.15, 0.2) is 0 Å². The molecule has 2 heterocycles. The van der Waals surface area contributed by atoms with Crippen LogP contribution in [0.1, 0.15) is 27.2 Å². The van der Waals surface area contributed by atoms with Crippen LogP contribution >= 0.6 is 46.8 Å². The summed E-state index contributed by atoms with van der Waals surface area (Å²) in [5.41, 5.74) is 0. The van der Waals surface area contributed by atoms with Crippen LogP contribution in [0.4, 0.5) is 0 Å². The van der Waals surface area contributed by atoms with E-state index in [1.807, 2.05) is 28.5 Å². The van der Waals surface area contributed by atoms with Crippen molar-refractivity contribution in [1.82, 2.24) is 10.2 Å². The minimum atomic E-state index is -0.241. The van der Waals surface area contributed by atoms with Gasteiger partial charge in [-0.05, 0) is 18.3 Å². The Morgan fingerprint density at radius 2 is 1.58 bits per heavy atom. The number of likely N-dealkylation sites (N-methyl/N-ethyl adjacent to an activating group) is 1. The molecule has 2 aliphatic heterocycles. The first kappa shape index (κ1) is 30.2. The van der Waals surface area contributed by atoms with Crippen molar-refractivity contribution in [2.45, 2.75) is 27.2 Å². The lowest BCUT2D eigenvalue weighted by Crippen LogP contribution is -2.24. The Hall–Kier alpha value is -0.580. The standard InChI is InChI=1S/C5H5NO2.C5H7NO2.C3H8S2.C2H6S.CH4S/c1-6-4(7)2-3-5(6)8;1-3-2-4(7)6-5(3)8;1-3-5-4-2;1-2-3;1-2/h2-3H,1H3;3H,2H2,1H3,(H,6,7,8);3H2,1-2H3;3H,2H2,1H3;2H,1H3. The fourth-order valence-corrected chi connectivity index (χ4v) is 2.22. The van der Waals surface area contributed by atoms with Gasteiger partial charge in [-0.3, -0.25) is 29.4 Å². The van der Waals surface area contributed by atoms with Crippen LogP contribution in [-0.2, 0) is 19.2 Å². The van der Waals surface area contributed by atoms with E-state index in [0.717, 1.165) is 10.7 Å². The smallest absolute Gasteiger partial charge is 0.253 e. The van der Waals surface area contributed by atoms with Crippen LogP contribution in [0, 0.1) is 5.92 Å². The van der Waals surface area contributed by atoms with Gasteiger partial charge in [0.2, 0.25) is 11.8 Å². The Bertz CT molecular complexity index is 440. The normalized spacial score (nSPS) is 16.9. The molecule has 26 heavy (non-hydrogen) atoms. The lowest BCUT2D eigenvalue weighted by Gasteiger charge is -2.01. The minimum absolute atomic E-state index is 0.109. The maximum absolute atomic E-state index is 10.5. The van der Waals surface area contributed by atoms with E-state index in [2.05, 4.69) is 43.8 Å². The number of hydrogen-bond donors (Lipinski definition) is 3. The molecular formula is C16H30N2O4S4. The maximum Gasteiger partial charge on any atom is 0.253 e. The first-order valence-electron chi connectivity index (χ1n) is 7.79. The molecule has 152 valence electrons. The molecule has 1 N–H and O–H groups in total. The minimum Gasteiger partial charge on any atom is -0.296 e. The monoisotopic (exact) mass is 442 g/mol. The second kappa shape index (κ2) is 20.7. The van der Waals surface area contributed by atoms with Gasteiger partial charge in [0.1, 0.15) is 0 Å². The Labute approximate surface area is 175 Å². The molecule has 6 nitrogen and oxygen atoms in total. The molecule has 0 aromatic carbocycles. The number of hydrogen-bond acceptors (Lipinski definition) is 8. The largest absolute Gasteiger partial charge is 0.296 e. The number of carbonyl (C=O) groups is 4. The third kappa shape index (κ3) is 16.9. The van der Waals surface area contributed by atoms with Crippen LogP contribution in [0.3, 0.4) is 0 Å². The van der Waals surface area contributed by atoms with Crippen LogP contribution in [0.2, 0.25) is 0 Å². The van der Waals surface area contributed by atoms with Gasteiger partial charge in [-0.15, -0.1) is 0 Å². The fourth-order valence-electron chi connectivity index (χ4n) is 1.28. The number of carbonyl (C=O) groups excluding carboxylic acids is 4. The number of nitrogens with zero attached hydrogens (tertiary/aromatic N) is 1. The summed E-state index contributed by atoms with van der Waals surface area (Å²) >= 11 is 7.32. The molecule has 0 aromatic rings. The lowest BCUT2D eigenvalue weighted by molar-refractivity contribution is -0.135. The average Bonchev–Trinajstić information content (AvgIpc) is 3.06. The van der Waals surface area contributed by atoms with Crippen molar-refractivity contribution in [3.05, 3.63) is 12.2 Å². The topological polar surface area (TPSA) is 83.6 Å². The molecule has 0 aliphatic carbocycles. The van der Waals surface area contributed by atoms with Gasteiger partial charge in [0, 0.05) is 37.3 Å². The van der Waals surface area contributed by atoms with Gasteiger partial charge in [0.05, 0.1) is 0 Å². The molecule has 1 atom stereocenters. The highest BCUT2D eigenvalue weighted by Gasteiger charge is 2.25. The molecule has 1 unspecified atom stereocenters. The van der Waals surface area contributed by atoms with Crippen molar-refractivity contribution < 1.29 is 19.2 Å². The summed E-state index contributed by atoms with van der Waals surface area (Å²) in [5.74, 6) is 1.28. The van der Waals surface area contributed by atoms with E-state index in [1.54, 1.807) is 13.2 Å². The molecular weight excluding hydrogens is 412 g/mol. The van der Waals surface area contributed by atoms with E-state index < -0.39 is 0 Å². The number of thiol groups is 2. The Balaban J connectivity index is -0.000000278.